The number of benzene rings is 1. The Morgan fingerprint density at radius 3 is 3.04 bits per heavy atom. The Morgan fingerprint density at radius 1 is 1.35 bits per heavy atom. The lowest BCUT2D eigenvalue weighted by atomic mass is 10.2. The Hall–Kier alpha value is -2.91. The summed E-state index contributed by atoms with van der Waals surface area (Å²) < 4.78 is 5.00. The quantitative estimate of drug-likeness (QED) is 0.486. The standard InChI is InChI=1S/C17H14N4O3S2/c18-16-21-15(12-2-1-7-25-12)13(26-16)5-6-14(22)19-9-3-4-10-11(8-9)24-17(23)20-10/h1-4,7-8H,5-6H2,(H2,18,21)(H,19,22)(H,20,23). The van der Waals surface area contributed by atoms with E-state index in [-0.39, 0.29) is 5.91 Å². The van der Waals surface area contributed by atoms with Crippen LogP contribution in [-0.4, -0.2) is 15.9 Å². The van der Waals surface area contributed by atoms with Gasteiger partial charge in [-0.3, -0.25) is 9.78 Å². The van der Waals surface area contributed by atoms with E-state index < -0.39 is 5.76 Å². The maximum Gasteiger partial charge on any atom is 0.417 e. The fourth-order valence-electron chi connectivity index (χ4n) is 2.62. The highest BCUT2D eigenvalue weighted by molar-refractivity contribution is 7.17. The van der Waals surface area contributed by atoms with Gasteiger partial charge in [-0.1, -0.05) is 6.07 Å². The number of carbonyl (C=O) groups excluding carboxylic acids is 1. The number of hydrogen-bond acceptors (Lipinski definition) is 7. The van der Waals surface area contributed by atoms with Crippen LogP contribution in [-0.2, 0) is 11.2 Å². The number of oxazole rings is 1. The van der Waals surface area contributed by atoms with E-state index in [4.69, 9.17) is 10.2 Å². The number of nitrogen functional groups attached to an aromatic ring is 1. The van der Waals surface area contributed by atoms with E-state index in [9.17, 15) is 9.59 Å². The van der Waals surface area contributed by atoms with Crippen LogP contribution in [0.3, 0.4) is 0 Å². The molecule has 3 heterocycles. The number of nitrogens with two attached hydrogens (primary N) is 1. The first-order chi connectivity index (χ1) is 12.6. The van der Waals surface area contributed by atoms with Crippen LogP contribution in [0, 0.1) is 0 Å². The van der Waals surface area contributed by atoms with Crippen molar-refractivity contribution in [3.63, 3.8) is 0 Å². The highest BCUT2D eigenvalue weighted by atomic mass is 32.1. The number of nitrogens with zero attached hydrogens (tertiary/aromatic N) is 1. The third kappa shape index (κ3) is 3.39. The summed E-state index contributed by atoms with van der Waals surface area (Å²) in [4.78, 5) is 32.4. The van der Waals surface area contributed by atoms with Crippen LogP contribution in [0.2, 0.25) is 0 Å². The average Bonchev–Trinajstić information content (AvgIpc) is 3.31. The van der Waals surface area contributed by atoms with Crippen molar-refractivity contribution in [1.82, 2.24) is 9.97 Å². The van der Waals surface area contributed by atoms with E-state index in [1.165, 1.54) is 11.3 Å². The second-order valence-corrected chi connectivity index (χ2v) is 7.64. The maximum atomic E-state index is 12.3. The zero-order chi connectivity index (χ0) is 18.1. The van der Waals surface area contributed by atoms with Crippen molar-refractivity contribution in [2.75, 3.05) is 11.1 Å². The summed E-state index contributed by atoms with van der Waals surface area (Å²) in [6.07, 6.45) is 0.852. The number of thiophene rings is 1. The van der Waals surface area contributed by atoms with Gasteiger partial charge in [0.05, 0.1) is 16.1 Å². The third-order valence-corrected chi connectivity index (χ3v) is 5.57. The monoisotopic (exact) mass is 386 g/mol. The average molecular weight is 386 g/mol. The zero-order valence-electron chi connectivity index (χ0n) is 13.4. The summed E-state index contributed by atoms with van der Waals surface area (Å²) in [5, 5.41) is 5.30. The number of fused-ring (bicyclic) bond motifs is 1. The first-order valence-electron chi connectivity index (χ1n) is 7.80. The minimum Gasteiger partial charge on any atom is -0.408 e. The first-order valence-corrected chi connectivity index (χ1v) is 9.50. The van der Waals surface area contributed by atoms with Crippen LogP contribution in [0.4, 0.5) is 10.8 Å². The summed E-state index contributed by atoms with van der Waals surface area (Å²) in [5.41, 5.74) is 8.27. The fraction of sp³-hybridized carbons (Fsp3) is 0.118. The molecular formula is C17H14N4O3S2. The van der Waals surface area contributed by atoms with Crippen LogP contribution in [0.25, 0.3) is 21.7 Å². The molecule has 9 heteroatoms. The number of H-pyrrole nitrogens is 1. The van der Waals surface area contributed by atoms with Crippen molar-refractivity contribution < 1.29 is 9.21 Å². The summed E-state index contributed by atoms with van der Waals surface area (Å²) in [6.45, 7) is 0. The number of aryl methyl sites for hydroxylation is 1. The highest BCUT2D eigenvalue weighted by Crippen LogP contribution is 2.33. The SMILES string of the molecule is Nc1nc(-c2cccs2)c(CCC(=O)Nc2ccc3[nH]c(=O)oc3c2)s1. The molecule has 26 heavy (non-hydrogen) atoms. The second kappa shape index (κ2) is 6.77. The molecule has 1 amide bonds. The molecule has 132 valence electrons. The van der Waals surface area contributed by atoms with Gasteiger partial charge in [0, 0.05) is 23.1 Å². The van der Waals surface area contributed by atoms with Gasteiger partial charge in [0.15, 0.2) is 10.7 Å². The largest absolute Gasteiger partial charge is 0.417 e. The summed E-state index contributed by atoms with van der Waals surface area (Å²) in [5.74, 6) is -0.654. The maximum absolute atomic E-state index is 12.3. The Kier molecular flexibility index (Phi) is 4.31. The number of nitrogens with one attached hydrogen (secondary N) is 2. The molecule has 0 radical (unpaired) electrons. The minimum absolute atomic E-state index is 0.133. The molecule has 0 spiro atoms. The smallest absolute Gasteiger partial charge is 0.408 e. The summed E-state index contributed by atoms with van der Waals surface area (Å²) in [7, 11) is 0. The van der Waals surface area contributed by atoms with E-state index in [1.807, 2.05) is 17.5 Å². The van der Waals surface area contributed by atoms with Crippen molar-refractivity contribution in [2.45, 2.75) is 12.8 Å². The lowest BCUT2D eigenvalue weighted by molar-refractivity contribution is -0.116. The van der Waals surface area contributed by atoms with Crippen molar-refractivity contribution in [3.8, 4) is 10.6 Å². The van der Waals surface area contributed by atoms with E-state index >= 15 is 0 Å². The normalized spacial score (nSPS) is 11.1. The van der Waals surface area contributed by atoms with Crippen LogP contribution < -0.4 is 16.8 Å². The Labute approximate surface area is 155 Å². The fourth-order valence-corrected chi connectivity index (χ4v) is 4.27. The second-order valence-electron chi connectivity index (χ2n) is 5.57. The molecule has 3 aromatic heterocycles. The van der Waals surface area contributed by atoms with Gasteiger partial charge in [0.1, 0.15) is 0 Å². The van der Waals surface area contributed by atoms with Gasteiger partial charge in [-0.25, -0.2) is 9.78 Å². The van der Waals surface area contributed by atoms with Crippen molar-refractivity contribution in [3.05, 3.63) is 51.1 Å². The number of aromatic nitrogens is 2. The van der Waals surface area contributed by atoms with Crippen LogP contribution in [0.15, 0.2) is 44.9 Å². The van der Waals surface area contributed by atoms with Crippen molar-refractivity contribution >= 4 is 50.5 Å². The van der Waals surface area contributed by atoms with Gasteiger partial charge >= 0.3 is 5.76 Å². The summed E-state index contributed by atoms with van der Waals surface area (Å²) in [6, 6.07) is 8.97. The molecular weight excluding hydrogens is 372 g/mol. The lowest BCUT2D eigenvalue weighted by Crippen LogP contribution is -2.12. The molecule has 0 saturated heterocycles. The van der Waals surface area contributed by atoms with Gasteiger partial charge in [-0.05, 0) is 30.0 Å². The van der Waals surface area contributed by atoms with Crippen LogP contribution >= 0.6 is 22.7 Å². The molecule has 7 nitrogen and oxygen atoms in total. The summed E-state index contributed by atoms with van der Waals surface area (Å²) >= 11 is 3.00. The molecule has 4 N–H and O–H groups in total. The number of hydrogen-bond donors (Lipinski definition) is 3. The molecule has 0 atom stereocenters. The molecule has 0 aliphatic rings. The topological polar surface area (TPSA) is 114 Å². The number of rotatable bonds is 5. The molecule has 0 bridgehead atoms. The predicted octanol–water partition coefficient (Wildman–Crippen LogP) is 3.46. The van der Waals surface area contributed by atoms with E-state index in [0.717, 1.165) is 15.4 Å². The number of carbonyl (C=O) groups is 1. The highest BCUT2D eigenvalue weighted by Gasteiger charge is 2.14. The Morgan fingerprint density at radius 2 is 2.23 bits per heavy atom. The molecule has 0 aliphatic carbocycles. The number of anilines is 2. The third-order valence-electron chi connectivity index (χ3n) is 3.75. The molecule has 0 saturated carbocycles. The molecule has 0 unspecified atom stereocenters. The van der Waals surface area contributed by atoms with Crippen LogP contribution in [0.5, 0.6) is 0 Å². The van der Waals surface area contributed by atoms with Gasteiger partial charge in [-0.2, -0.15) is 0 Å². The molecule has 4 aromatic rings. The van der Waals surface area contributed by atoms with Gasteiger partial charge in [0.2, 0.25) is 5.91 Å². The van der Waals surface area contributed by atoms with Gasteiger partial charge < -0.3 is 15.5 Å². The van der Waals surface area contributed by atoms with Gasteiger partial charge in [0.25, 0.3) is 0 Å². The molecule has 0 fully saturated rings. The van der Waals surface area contributed by atoms with E-state index in [0.29, 0.717) is 34.8 Å². The number of aromatic amines is 1. The van der Waals surface area contributed by atoms with Crippen molar-refractivity contribution in [2.24, 2.45) is 0 Å². The Balaban J connectivity index is 1.44. The number of thiazole rings is 1. The zero-order valence-corrected chi connectivity index (χ0v) is 15.1. The van der Waals surface area contributed by atoms with E-state index in [1.54, 1.807) is 29.5 Å². The van der Waals surface area contributed by atoms with E-state index in [2.05, 4.69) is 15.3 Å². The lowest BCUT2D eigenvalue weighted by Gasteiger charge is -2.05. The predicted molar refractivity (Wildman–Crippen MR) is 104 cm³/mol. The van der Waals surface area contributed by atoms with Crippen molar-refractivity contribution in [1.29, 1.82) is 0 Å². The molecule has 0 aliphatic heterocycles. The minimum atomic E-state index is -0.521. The van der Waals surface area contributed by atoms with Gasteiger partial charge in [-0.15, -0.1) is 22.7 Å². The Bertz CT molecular complexity index is 1120. The number of amides is 1. The first kappa shape index (κ1) is 16.6. The molecule has 1 aromatic carbocycles. The van der Waals surface area contributed by atoms with Crippen LogP contribution in [0.1, 0.15) is 11.3 Å². The molecule has 4 rings (SSSR count).